The number of hydrogen-bond acceptors (Lipinski definition) is 3. The van der Waals surface area contributed by atoms with Crippen molar-refractivity contribution in [3.8, 4) is 0 Å². The van der Waals surface area contributed by atoms with Crippen LogP contribution >= 0.6 is 0 Å². The summed E-state index contributed by atoms with van der Waals surface area (Å²) in [7, 11) is 2.12. The first-order valence-corrected chi connectivity index (χ1v) is 7.78. The molecule has 0 aliphatic carbocycles. The van der Waals surface area contributed by atoms with Crippen LogP contribution < -0.4 is 5.48 Å². The molecule has 4 nitrogen and oxygen atoms in total. The fraction of sp³-hybridized carbons (Fsp3) is 0.389. The van der Waals surface area contributed by atoms with E-state index in [4.69, 9.17) is 5.21 Å². The lowest BCUT2D eigenvalue weighted by molar-refractivity contribution is -0.129. The summed E-state index contributed by atoms with van der Waals surface area (Å²) in [4.78, 5) is 13.2. The molecule has 0 bridgehead atoms. The predicted octanol–water partition coefficient (Wildman–Crippen LogP) is 3.34. The van der Waals surface area contributed by atoms with Gasteiger partial charge in [-0.15, -0.1) is 0 Å². The van der Waals surface area contributed by atoms with Crippen molar-refractivity contribution in [2.24, 2.45) is 0 Å². The monoisotopic (exact) mass is 300 g/mol. The van der Waals surface area contributed by atoms with Gasteiger partial charge in [0.15, 0.2) is 0 Å². The van der Waals surface area contributed by atoms with E-state index in [0.29, 0.717) is 6.42 Å². The van der Waals surface area contributed by atoms with Crippen LogP contribution in [0, 0.1) is 0 Å². The van der Waals surface area contributed by atoms with Gasteiger partial charge in [-0.3, -0.25) is 10.0 Å². The molecule has 2 aromatic carbocycles. The second-order valence-corrected chi connectivity index (χ2v) is 5.76. The Morgan fingerprint density at radius 3 is 2.64 bits per heavy atom. The van der Waals surface area contributed by atoms with Gasteiger partial charge in [-0.25, -0.2) is 5.48 Å². The average molecular weight is 300 g/mol. The molecular formula is C18H24N2O2. The molecule has 0 aliphatic heterocycles. The minimum absolute atomic E-state index is 0.301. The highest BCUT2D eigenvalue weighted by molar-refractivity contribution is 5.82. The Morgan fingerprint density at radius 1 is 1.09 bits per heavy atom. The number of fused-ring (bicyclic) bond motifs is 1. The first kappa shape index (κ1) is 16.5. The Kier molecular flexibility index (Phi) is 6.37. The number of hydrogen-bond donors (Lipinski definition) is 2. The first-order valence-electron chi connectivity index (χ1n) is 7.78. The Morgan fingerprint density at radius 2 is 1.86 bits per heavy atom. The van der Waals surface area contributed by atoms with Crippen LogP contribution in [0.4, 0.5) is 0 Å². The highest BCUT2D eigenvalue weighted by Gasteiger charge is 2.03. The van der Waals surface area contributed by atoms with Crippen LogP contribution in [0.25, 0.3) is 10.8 Å². The number of nitrogens with zero attached hydrogens (tertiary/aromatic N) is 1. The molecule has 0 aliphatic rings. The van der Waals surface area contributed by atoms with Gasteiger partial charge in [0.05, 0.1) is 0 Å². The zero-order valence-corrected chi connectivity index (χ0v) is 13.1. The van der Waals surface area contributed by atoms with Crippen LogP contribution in [0.3, 0.4) is 0 Å². The molecule has 0 fully saturated rings. The highest BCUT2D eigenvalue weighted by atomic mass is 16.5. The van der Waals surface area contributed by atoms with Crippen molar-refractivity contribution in [1.82, 2.24) is 10.4 Å². The maximum absolute atomic E-state index is 10.9. The summed E-state index contributed by atoms with van der Waals surface area (Å²) in [6.07, 6.45) is 3.26. The fourth-order valence-corrected chi connectivity index (χ4v) is 2.63. The minimum atomic E-state index is -0.301. The van der Waals surface area contributed by atoms with E-state index in [1.165, 1.54) is 16.3 Å². The van der Waals surface area contributed by atoms with Crippen LogP contribution in [0.15, 0.2) is 42.5 Å². The van der Waals surface area contributed by atoms with E-state index in [2.05, 4.69) is 54.4 Å². The van der Waals surface area contributed by atoms with Crippen molar-refractivity contribution in [1.29, 1.82) is 0 Å². The van der Waals surface area contributed by atoms with Crippen LogP contribution in [0.1, 0.15) is 31.2 Å². The van der Waals surface area contributed by atoms with Crippen molar-refractivity contribution in [2.45, 2.75) is 32.2 Å². The van der Waals surface area contributed by atoms with Crippen LogP contribution in [-0.4, -0.2) is 29.6 Å². The molecule has 2 rings (SSSR count). The summed E-state index contributed by atoms with van der Waals surface area (Å²) in [6.45, 7) is 1.94. The molecule has 22 heavy (non-hydrogen) atoms. The van der Waals surface area contributed by atoms with Gasteiger partial charge < -0.3 is 4.90 Å². The molecule has 0 spiro atoms. The first-order chi connectivity index (χ1) is 10.7. The Bertz CT molecular complexity index is 613. The molecule has 0 saturated carbocycles. The van der Waals surface area contributed by atoms with Gasteiger partial charge in [0.25, 0.3) is 0 Å². The normalized spacial score (nSPS) is 11.0. The van der Waals surface area contributed by atoms with Crippen molar-refractivity contribution in [3.05, 3.63) is 48.0 Å². The third kappa shape index (κ3) is 5.13. The number of rotatable bonds is 8. The zero-order valence-electron chi connectivity index (χ0n) is 13.1. The second-order valence-electron chi connectivity index (χ2n) is 5.76. The molecule has 0 aromatic heterocycles. The van der Waals surface area contributed by atoms with Gasteiger partial charge in [0, 0.05) is 13.0 Å². The van der Waals surface area contributed by atoms with Crippen molar-refractivity contribution in [3.63, 3.8) is 0 Å². The lowest BCUT2D eigenvalue weighted by Crippen LogP contribution is -2.20. The quantitative estimate of drug-likeness (QED) is 0.446. The average Bonchev–Trinajstić information content (AvgIpc) is 2.54. The summed E-state index contributed by atoms with van der Waals surface area (Å²) in [5.41, 5.74) is 2.98. The third-order valence-electron chi connectivity index (χ3n) is 3.83. The standard InChI is InChI=1S/C18H24N2O2/c1-20(12-6-2-3-9-18(21)19-22)14-15-10-11-16-7-4-5-8-17(16)13-15/h4-5,7-8,10-11,13,22H,2-3,6,9,12,14H2,1H3,(H,19,21). The molecule has 0 unspecified atom stereocenters. The summed E-state index contributed by atoms with van der Waals surface area (Å²) < 4.78 is 0. The van der Waals surface area contributed by atoms with Crippen LogP contribution in [0.5, 0.6) is 0 Å². The number of unbranched alkanes of at least 4 members (excludes halogenated alkanes) is 2. The molecule has 0 atom stereocenters. The van der Waals surface area contributed by atoms with E-state index in [0.717, 1.165) is 32.4 Å². The van der Waals surface area contributed by atoms with E-state index in [-0.39, 0.29) is 5.91 Å². The minimum Gasteiger partial charge on any atom is -0.302 e. The lowest BCUT2D eigenvalue weighted by atomic mass is 10.1. The lowest BCUT2D eigenvalue weighted by Gasteiger charge is -2.17. The maximum Gasteiger partial charge on any atom is 0.243 e. The highest BCUT2D eigenvalue weighted by Crippen LogP contribution is 2.16. The topological polar surface area (TPSA) is 52.6 Å². The summed E-state index contributed by atoms with van der Waals surface area (Å²) >= 11 is 0. The molecule has 1 amide bonds. The van der Waals surface area contributed by atoms with Gasteiger partial charge >= 0.3 is 0 Å². The van der Waals surface area contributed by atoms with Gasteiger partial charge in [-0.05, 0) is 48.8 Å². The van der Waals surface area contributed by atoms with Crippen molar-refractivity contribution < 1.29 is 10.0 Å². The predicted molar refractivity (Wildman–Crippen MR) is 88.7 cm³/mol. The van der Waals surface area contributed by atoms with Gasteiger partial charge in [-0.2, -0.15) is 0 Å². The fourth-order valence-electron chi connectivity index (χ4n) is 2.63. The smallest absolute Gasteiger partial charge is 0.243 e. The third-order valence-corrected chi connectivity index (χ3v) is 3.83. The van der Waals surface area contributed by atoms with Gasteiger partial charge in [0.1, 0.15) is 0 Å². The van der Waals surface area contributed by atoms with Crippen LogP contribution in [0.2, 0.25) is 0 Å². The second kappa shape index (κ2) is 8.51. The molecule has 0 saturated heterocycles. The van der Waals surface area contributed by atoms with E-state index in [9.17, 15) is 4.79 Å². The number of amides is 1. The van der Waals surface area contributed by atoms with Gasteiger partial charge in [-0.1, -0.05) is 42.8 Å². The Labute approximate surface area is 131 Å². The Balaban J connectivity index is 1.74. The van der Waals surface area contributed by atoms with Crippen LogP contribution in [-0.2, 0) is 11.3 Å². The summed E-state index contributed by atoms with van der Waals surface area (Å²) in [5.74, 6) is -0.301. The number of benzene rings is 2. The number of nitrogens with one attached hydrogen (secondary N) is 1. The number of hydroxylamine groups is 1. The molecule has 0 radical (unpaired) electrons. The van der Waals surface area contributed by atoms with E-state index >= 15 is 0 Å². The van der Waals surface area contributed by atoms with E-state index in [1.54, 1.807) is 5.48 Å². The SMILES string of the molecule is CN(CCCCCC(=O)NO)Cc1ccc2ccccc2c1. The molecule has 4 heteroatoms. The van der Waals surface area contributed by atoms with Crippen molar-refractivity contribution in [2.75, 3.05) is 13.6 Å². The molecule has 0 heterocycles. The molecule has 118 valence electrons. The summed E-state index contributed by atoms with van der Waals surface area (Å²) in [6, 6.07) is 15.0. The number of carbonyl (C=O) groups excluding carboxylic acids is 1. The van der Waals surface area contributed by atoms with E-state index in [1.807, 2.05) is 0 Å². The largest absolute Gasteiger partial charge is 0.302 e. The molecule has 2 N–H and O–H groups in total. The molecular weight excluding hydrogens is 276 g/mol. The summed E-state index contributed by atoms with van der Waals surface area (Å²) in [5, 5.41) is 11.0. The molecule has 2 aromatic rings. The van der Waals surface area contributed by atoms with Crippen molar-refractivity contribution >= 4 is 16.7 Å². The number of carbonyl (C=O) groups is 1. The van der Waals surface area contributed by atoms with Gasteiger partial charge in [0.2, 0.25) is 5.91 Å². The van der Waals surface area contributed by atoms with E-state index < -0.39 is 0 Å². The Hall–Kier alpha value is -1.91. The maximum atomic E-state index is 10.9. The zero-order chi connectivity index (χ0) is 15.8.